The minimum Gasteiger partial charge on any atom is -0.256 e. The first-order valence-electron chi connectivity index (χ1n) is 28.6. The lowest BCUT2D eigenvalue weighted by Gasteiger charge is -2.18. The first-order chi connectivity index (χ1) is 39.6. The highest BCUT2D eigenvalue weighted by Crippen LogP contribution is 2.44. The molecule has 348 valence electrons. The van der Waals surface area contributed by atoms with Gasteiger partial charge in [-0.1, -0.05) is 182 Å². The Kier molecular flexibility index (Phi) is 9.46. The minimum atomic E-state index is -2.58. The number of pyridine rings is 1. The monoisotopic (exact) mass is 946 g/mol. The fourth-order valence-corrected chi connectivity index (χ4v) is 9.80. The van der Waals surface area contributed by atoms with Crippen molar-refractivity contribution in [3.8, 4) is 112 Å². The molecule has 0 fully saturated rings. The fraction of sp³-hybridized carbons (Fsp3) is 0.0441. The van der Waals surface area contributed by atoms with Gasteiger partial charge in [0.25, 0.3) is 0 Å². The lowest BCUT2D eigenvalue weighted by atomic mass is 9.86. The van der Waals surface area contributed by atoms with Crippen LogP contribution in [-0.2, 0) is 0 Å². The van der Waals surface area contributed by atoms with Crippen molar-refractivity contribution in [3.05, 3.63) is 272 Å². The highest BCUT2D eigenvalue weighted by molar-refractivity contribution is 5.95. The predicted octanol–water partition coefficient (Wildman–Crippen LogP) is 17.4. The van der Waals surface area contributed by atoms with E-state index < -0.39 is 20.6 Å². The molecule has 0 unspecified atom stereocenters. The molecular weight excluding hydrogens is 887 g/mol. The Hall–Kier alpha value is -9.45. The van der Waals surface area contributed by atoms with Crippen LogP contribution in [0.3, 0.4) is 0 Å². The number of para-hydroxylation sites is 2. The molecule has 0 aliphatic heterocycles. The molecule has 0 amide bonds. The van der Waals surface area contributed by atoms with Crippen LogP contribution in [0.1, 0.15) is 29.3 Å². The van der Waals surface area contributed by atoms with E-state index in [0.717, 1.165) is 27.8 Å². The molecule has 0 saturated heterocycles. The molecule has 0 spiro atoms. The van der Waals surface area contributed by atoms with Gasteiger partial charge in [0.05, 0.1) is 29.5 Å². The SMILES string of the molecule is [2H]C([2H])([2H])c1cc(-c2cccc(-c3ccc(-c4ccccc4)cc3)c2)ncc1-c1ccccc1-c1cc(-c2ccccc2-c2cnn(-c3ccccc3)c2C([2H])([2H])[2H])cc(-c2ccccc2-c2cnn(-c3ccccc3)c2C([2H])([2H])[2H])c1. The maximum absolute atomic E-state index is 9.02. The maximum Gasteiger partial charge on any atom is 0.0705 e. The lowest BCUT2D eigenvalue weighted by molar-refractivity contribution is 0.847. The molecule has 5 heteroatoms. The Morgan fingerprint density at radius 3 is 1.15 bits per heavy atom. The van der Waals surface area contributed by atoms with Gasteiger partial charge >= 0.3 is 0 Å². The molecule has 0 bridgehead atoms. The summed E-state index contributed by atoms with van der Waals surface area (Å²) in [5.41, 5.74) is 14.2. The zero-order valence-electron chi connectivity index (χ0n) is 48.5. The Bertz CT molecular complexity index is 4120. The normalized spacial score (nSPS) is 13.6. The molecule has 12 aromatic rings. The Balaban J connectivity index is 1.03. The topological polar surface area (TPSA) is 48.5 Å². The molecule has 0 N–H and O–H groups in total. The van der Waals surface area contributed by atoms with Crippen LogP contribution in [0.15, 0.2) is 255 Å². The van der Waals surface area contributed by atoms with E-state index in [9.17, 15) is 0 Å². The van der Waals surface area contributed by atoms with Crippen LogP contribution in [0, 0.1) is 20.6 Å². The first-order valence-corrected chi connectivity index (χ1v) is 24.1. The highest BCUT2D eigenvalue weighted by atomic mass is 15.3. The van der Waals surface area contributed by atoms with Crippen molar-refractivity contribution < 1.29 is 12.3 Å². The van der Waals surface area contributed by atoms with Gasteiger partial charge in [0, 0.05) is 52.2 Å². The van der Waals surface area contributed by atoms with Crippen LogP contribution >= 0.6 is 0 Å². The lowest BCUT2D eigenvalue weighted by Crippen LogP contribution is -1.98. The third kappa shape index (κ3) is 8.68. The third-order valence-electron chi connectivity index (χ3n) is 13.4. The van der Waals surface area contributed by atoms with Gasteiger partial charge in [-0.05, 0) is 153 Å². The molecule has 0 radical (unpaired) electrons. The number of hydrogen-bond acceptors (Lipinski definition) is 3. The second-order valence-corrected chi connectivity index (χ2v) is 17.9. The molecule has 5 nitrogen and oxygen atoms in total. The van der Waals surface area contributed by atoms with Crippen molar-refractivity contribution in [2.24, 2.45) is 0 Å². The van der Waals surface area contributed by atoms with Crippen molar-refractivity contribution in [1.82, 2.24) is 24.5 Å². The number of aromatic nitrogens is 5. The number of benzene rings is 9. The minimum absolute atomic E-state index is 0.0446. The summed E-state index contributed by atoms with van der Waals surface area (Å²) in [4.78, 5) is 4.99. The van der Waals surface area contributed by atoms with Gasteiger partial charge in [-0.25, -0.2) is 9.36 Å². The van der Waals surface area contributed by atoms with Crippen LogP contribution < -0.4 is 0 Å². The van der Waals surface area contributed by atoms with E-state index in [4.69, 9.17) is 17.3 Å². The van der Waals surface area contributed by atoms with E-state index in [0.29, 0.717) is 83.8 Å². The molecule has 0 aliphatic carbocycles. The Morgan fingerprint density at radius 2 is 0.671 bits per heavy atom. The van der Waals surface area contributed by atoms with E-state index in [2.05, 4.69) is 46.6 Å². The van der Waals surface area contributed by atoms with Crippen LogP contribution in [-0.4, -0.2) is 24.5 Å². The number of rotatable bonds is 11. The standard InChI is InChI=1S/C68H51N5/c1-46-38-68(53-23-19-22-52(39-53)51-36-34-50(35-37-51)49-20-7-4-8-21-49)69-43-65(46)62-31-16-13-28-59(62)54-40-55(60-29-14-17-32-63(60)66-44-70-72(47(66)2)57-24-9-5-10-25-57)42-56(41-54)61-30-15-18-33-64(61)67-45-71-73(48(67)3)58-26-11-6-12-27-58/h4-45H,1-3H3/i1D3,2D3,3D3. The molecular formula is C68H51N5. The second kappa shape index (κ2) is 19.4. The second-order valence-electron chi connectivity index (χ2n) is 17.9. The van der Waals surface area contributed by atoms with Crippen LogP contribution in [0.25, 0.3) is 112 Å². The van der Waals surface area contributed by atoms with Crippen molar-refractivity contribution in [2.75, 3.05) is 0 Å². The smallest absolute Gasteiger partial charge is 0.0705 e. The molecule has 9 aromatic carbocycles. The third-order valence-corrected chi connectivity index (χ3v) is 13.4. The summed E-state index contributed by atoms with van der Waals surface area (Å²) in [5.74, 6) is 0. The van der Waals surface area contributed by atoms with Gasteiger partial charge in [0.1, 0.15) is 0 Å². The van der Waals surface area contributed by atoms with E-state index in [-0.39, 0.29) is 17.0 Å². The summed E-state index contributed by atoms with van der Waals surface area (Å²) in [7, 11) is 0. The van der Waals surface area contributed by atoms with Crippen molar-refractivity contribution in [3.63, 3.8) is 0 Å². The summed E-state index contributed by atoms with van der Waals surface area (Å²) in [6, 6.07) is 75.4. The fourth-order valence-electron chi connectivity index (χ4n) is 9.80. The van der Waals surface area contributed by atoms with E-state index in [1.165, 1.54) is 9.36 Å². The van der Waals surface area contributed by atoms with Crippen molar-refractivity contribution in [1.29, 1.82) is 0 Å². The van der Waals surface area contributed by atoms with Gasteiger partial charge in [0.2, 0.25) is 0 Å². The van der Waals surface area contributed by atoms with Crippen molar-refractivity contribution in [2.45, 2.75) is 20.6 Å². The quantitative estimate of drug-likeness (QED) is 0.130. The van der Waals surface area contributed by atoms with Crippen LogP contribution in [0.2, 0.25) is 0 Å². The molecule has 0 atom stereocenters. The summed E-state index contributed by atoms with van der Waals surface area (Å²) < 4.78 is 83.1. The molecule has 3 heterocycles. The van der Waals surface area contributed by atoms with E-state index >= 15 is 0 Å². The van der Waals surface area contributed by atoms with Gasteiger partial charge in [-0.3, -0.25) is 4.98 Å². The number of hydrogen-bond donors (Lipinski definition) is 0. The highest BCUT2D eigenvalue weighted by Gasteiger charge is 2.20. The van der Waals surface area contributed by atoms with Crippen molar-refractivity contribution >= 4 is 0 Å². The average molecular weight is 947 g/mol. The molecule has 0 aliphatic rings. The zero-order chi connectivity index (χ0) is 56.8. The molecule has 12 rings (SSSR count). The number of aryl methyl sites for hydroxylation is 1. The zero-order valence-corrected chi connectivity index (χ0v) is 39.5. The van der Waals surface area contributed by atoms with E-state index in [1.54, 1.807) is 24.7 Å². The van der Waals surface area contributed by atoms with Crippen LogP contribution in [0.4, 0.5) is 0 Å². The van der Waals surface area contributed by atoms with Gasteiger partial charge in [0.15, 0.2) is 0 Å². The van der Waals surface area contributed by atoms with E-state index in [1.807, 2.05) is 194 Å². The summed E-state index contributed by atoms with van der Waals surface area (Å²) in [5, 5.41) is 9.34. The molecule has 3 aromatic heterocycles. The predicted molar refractivity (Wildman–Crippen MR) is 302 cm³/mol. The van der Waals surface area contributed by atoms with Gasteiger partial charge < -0.3 is 0 Å². The Morgan fingerprint density at radius 1 is 0.288 bits per heavy atom. The van der Waals surface area contributed by atoms with Gasteiger partial charge in [-0.15, -0.1) is 0 Å². The largest absolute Gasteiger partial charge is 0.256 e. The van der Waals surface area contributed by atoms with Crippen LogP contribution in [0.5, 0.6) is 0 Å². The summed E-state index contributed by atoms with van der Waals surface area (Å²) in [6.07, 6.45) is 4.83. The maximum atomic E-state index is 9.02. The number of nitrogens with zero attached hydrogens (tertiary/aromatic N) is 5. The molecule has 73 heavy (non-hydrogen) atoms. The van der Waals surface area contributed by atoms with Gasteiger partial charge in [-0.2, -0.15) is 10.2 Å². The summed E-state index contributed by atoms with van der Waals surface area (Å²) in [6.45, 7) is -7.72. The average Bonchev–Trinajstić information content (AvgIpc) is 4.34. The summed E-state index contributed by atoms with van der Waals surface area (Å²) >= 11 is 0. The first kappa shape index (κ1) is 35.6. The molecule has 0 saturated carbocycles. The Labute approximate surface area is 439 Å².